The lowest BCUT2D eigenvalue weighted by Gasteiger charge is -2.14. The maximum Gasteiger partial charge on any atom is 0.0845 e. The van der Waals surface area contributed by atoms with E-state index in [1.54, 1.807) is 10.9 Å². The van der Waals surface area contributed by atoms with Gasteiger partial charge in [-0.15, -0.1) is 5.10 Å². The summed E-state index contributed by atoms with van der Waals surface area (Å²) in [6, 6.07) is 2.25. The van der Waals surface area contributed by atoms with E-state index in [0.29, 0.717) is 0 Å². The number of hydrogen-bond acceptors (Lipinski definition) is 4. The van der Waals surface area contributed by atoms with Crippen LogP contribution < -0.4 is 5.32 Å². The largest absolute Gasteiger partial charge is 0.313 e. The average molecular weight is 296 g/mol. The van der Waals surface area contributed by atoms with Crippen LogP contribution in [-0.4, -0.2) is 27.0 Å². The van der Waals surface area contributed by atoms with Crippen molar-refractivity contribution in [3.8, 4) is 0 Å². The molecule has 2 rings (SSSR count). The van der Waals surface area contributed by atoms with Gasteiger partial charge in [-0.2, -0.15) is 0 Å². The Kier molecular flexibility index (Phi) is 3.86. The van der Waals surface area contributed by atoms with E-state index in [-0.39, 0.29) is 6.04 Å². The molecule has 0 saturated carbocycles. The first-order chi connectivity index (χ1) is 8.19. The van der Waals surface area contributed by atoms with E-state index in [1.165, 1.54) is 0 Å². The van der Waals surface area contributed by atoms with Crippen molar-refractivity contribution in [2.75, 3.05) is 7.05 Å². The Bertz CT molecular complexity index is 496. The lowest BCUT2D eigenvalue weighted by Crippen LogP contribution is -2.19. The second-order valence-electron chi connectivity index (χ2n) is 3.87. The normalized spacial score (nSPS) is 12.6. The molecule has 6 heteroatoms. The van der Waals surface area contributed by atoms with Crippen LogP contribution in [0.25, 0.3) is 0 Å². The van der Waals surface area contributed by atoms with Gasteiger partial charge in [-0.25, -0.2) is 0 Å². The second kappa shape index (κ2) is 5.37. The molecule has 90 valence electrons. The minimum absolute atomic E-state index is 0.191. The number of aryl methyl sites for hydroxylation is 1. The fourth-order valence-corrected chi connectivity index (χ4v) is 2.09. The molecule has 0 aliphatic rings. The lowest BCUT2D eigenvalue weighted by atomic mass is 10.0. The van der Waals surface area contributed by atoms with Gasteiger partial charge in [0.2, 0.25) is 0 Å². The van der Waals surface area contributed by atoms with E-state index in [1.807, 2.05) is 26.5 Å². The van der Waals surface area contributed by atoms with E-state index < -0.39 is 0 Å². The second-order valence-corrected chi connectivity index (χ2v) is 4.78. The molecule has 0 amide bonds. The van der Waals surface area contributed by atoms with Crippen LogP contribution >= 0.6 is 15.9 Å². The zero-order valence-electron chi connectivity index (χ0n) is 9.76. The van der Waals surface area contributed by atoms with Crippen LogP contribution in [0, 0.1) is 0 Å². The van der Waals surface area contributed by atoms with Crippen LogP contribution in [0.3, 0.4) is 0 Å². The zero-order chi connectivity index (χ0) is 12.3. The maximum atomic E-state index is 4.17. The summed E-state index contributed by atoms with van der Waals surface area (Å²) in [7, 11) is 3.80. The fourth-order valence-electron chi connectivity index (χ4n) is 1.70. The smallest absolute Gasteiger partial charge is 0.0845 e. The highest BCUT2D eigenvalue weighted by atomic mass is 79.9. The van der Waals surface area contributed by atoms with Gasteiger partial charge < -0.3 is 5.32 Å². The standard InChI is InChI=1S/C11H14BrN5/c1-13-11(4-10-7-17(2)16-15-10)8-3-9(12)6-14-5-8/h3,5-7,11,13H,4H2,1-2H3. The third-order valence-corrected chi connectivity index (χ3v) is 2.97. The Morgan fingerprint density at radius 2 is 2.29 bits per heavy atom. The summed E-state index contributed by atoms with van der Waals surface area (Å²) in [5.41, 5.74) is 2.10. The summed E-state index contributed by atoms with van der Waals surface area (Å²) in [6.45, 7) is 0. The maximum absolute atomic E-state index is 4.17. The Morgan fingerprint density at radius 1 is 1.47 bits per heavy atom. The molecule has 0 aromatic carbocycles. The van der Waals surface area contributed by atoms with Gasteiger partial charge in [0, 0.05) is 42.6 Å². The third kappa shape index (κ3) is 3.10. The zero-order valence-corrected chi connectivity index (χ0v) is 11.3. The average Bonchev–Trinajstić information content (AvgIpc) is 2.72. The van der Waals surface area contributed by atoms with Crippen molar-refractivity contribution in [3.05, 3.63) is 40.4 Å². The summed E-state index contributed by atoms with van der Waals surface area (Å²) in [5.74, 6) is 0. The van der Waals surface area contributed by atoms with Gasteiger partial charge in [-0.3, -0.25) is 9.67 Å². The molecule has 0 aliphatic carbocycles. The first-order valence-electron chi connectivity index (χ1n) is 5.32. The topological polar surface area (TPSA) is 55.6 Å². The first kappa shape index (κ1) is 12.2. The SMILES string of the molecule is CNC(Cc1cn(C)nn1)c1cncc(Br)c1. The molecular weight excluding hydrogens is 282 g/mol. The molecular formula is C11H14BrN5. The summed E-state index contributed by atoms with van der Waals surface area (Å²) in [4.78, 5) is 4.17. The lowest BCUT2D eigenvalue weighted by molar-refractivity contribution is 0.581. The van der Waals surface area contributed by atoms with Gasteiger partial charge in [0.25, 0.3) is 0 Å². The fraction of sp³-hybridized carbons (Fsp3) is 0.364. The monoisotopic (exact) mass is 295 g/mol. The molecule has 0 bridgehead atoms. The number of nitrogens with one attached hydrogen (secondary N) is 1. The van der Waals surface area contributed by atoms with Crippen molar-refractivity contribution in [3.63, 3.8) is 0 Å². The highest BCUT2D eigenvalue weighted by Crippen LogP contribution is 2.19. The minimum atomic E-state index is 0.191. The molecule has 2 aromatic rings. The number of hydrogen-bond donors (Lipinski definition) is 1. The summed E-state index contributed by atoms with van der Waals surface area (Å²) in [6.07, 6.45) is 6.36. The van der Waals surface area contributed by atoms with Crippen LogP contribution in [0.5, 0.6) is 0 Å². The van der Waals surface area contributed by atoms with Crippen molar-refractivity contribution in [2.24, 2.45) is 7.05 Å². The van der Waals surface area contributed by atoms with Crippen molar-refractivity contribution in [1.29, 1.82) is 0 Å². The van der Waals surface area contributed by atoms with Crippen LogP contribution in [0.4, 0.5) is 0 Å². The summed E-state index contributed by atoms with van der Waals surface area (Å²) >= 11 is 3.43. The van der Waals surface area contributed by atoms with Gasteiger partial charge in [-0.05, 0) is 34.6 Å². The van der Waals surface area contributed by atoms with Gasteiger partial charge >= 0.3 is 0 Å². The molecule has 0 aliphatic heterocycles. The van der Waals surface area contributed by atoms with Crippen LogP contribution in [0.15, 0.2) is 29.1 Å². The van der Waals surface area contributed by atoms with E-state index >= 15 is 0 Å². The molecule has 2 aromatic heterocycles. The van der Waals surface area contributed by atoms with E-state index in [9.17, 15) is 0 Å². The van der Waals surface area contributed by atoms with Crippen LogP contribution in [0.1, 0.15) is 17.3 Å². The van der Waals surface area contributed by atoms with Crippen molar-refractivity contribution < 1.29 is 0 Å². The van der Waals surface area contributed by atoms with Crippen LogP contribution in [0.2, 0.25) is 0 Å². The molecule has 0 spiro atoms. The number of halogens is 1. The Balaban J connectivity index is 2.16. The van der Waals surface area contributed by atoms with E-state index in [2.05, 4.69) is 42.6 Å². The molecule has 1 atom stereocenters. The Morgan fingerprint density at radius 3 is 2.88 bits per heavy atom. The van der Waals surface area contributed by atoms with Gasteiger partial charge in [0.1, 0.15) is 0 Å². The first-order valence-corrected chi connectivity index (χ1v) is 6.11. The Labute approximate surface area is 108 Å². The number of pyridine rings is 1. The van der Waals surface area contributed by atoms with Crippen LogP contribution in [-0.2, 0) is 13.5 Å². The number of likely N-dealkylation sites (N-methyl/N-ethyl adjacent to an activating group) is 1. The van der Waals surface area contributed by atoms with E-state index in [0.717, 1.165) is 22.2 Å². The predicted molar refractivity (Wildman–Crippen MR) is 68.4 cm³/mol. The molecule has 2 heterocycles. The van der Waals surface area contributed by atoms with Crippen molar-refractivity contribution in [2.45, 2.75) is 12.5 Å². The highest BCUT2D eigenvalue weighted by molar-refractivity contribution is 9.10. The Hall–Kier alpha value is -1.27. The highest BCUT2D eigenvalue weighted by Gasteiger charge is 2.12. The molecule has 0 fully saturated rings. The molecule has 0 radical (unpaired) electrons. The van der Waals surface area contributed by atoms with Gasteiger partial charge in [-0.1, -0.05) is 5.21 Å². The van der Waals surface area contributed by atoms with Crippen molar-refractivity contribution in [1.82, 2.24) is 25.3 Å². The number of aromatic nitrogens is 4. The molecule has 17 heavy (non-hydrogen) atoms. The van der Waals surface area contributed by atoms with Gasteiger partial charge in [0.15, 0.2) is 0 Å². The summed E-state index contributed by atoms with van der Waals surface area (Å²) < 4.78 is 2.69. The molecule has 1 unspecified atom stereocenters. The number of nitrogens with zero attached hydrogens (tertiary/aromatic N) is 4. The summed E-state index contributed by atoms with van der Waals surface area (Å²) in [5, 5.41) is 11.3. The van der Waals surface area contributed by atoms with E-state index in [4.69, 9.17) is 0 Å². The molecule has 0 saturated heterocycles. The molecule has 5 nitrogen and oxygen atoms in total. The predicted octanol–water partition coefficient (Wildman–Crippen LogP) is 1.48. The quantitative estimate of drug-likeness (QED) is 0.928. The van der Waals surface area contributed by atoms with Crippen molar-refractivity contribution >= 4 is 15.9 Å². The molecule has 1 N–H and O–H groups in total. The third-order valence-electron chi connectivity index (χ3n) is 2.54. The van der Waals surface area contributed by atoms with Gasteiger partial charge in [0.05, 0.1) is 5.69 Å². The minimum Gasteiger partial charge on any atom is -0.313 e. The number of rotatable bonds is 4.